The molecule has 0 fully saturated rings. The summed E-state index contributed by atoms with van der Waals surface area (Å²) >= 11 is 0. The monoisotopic (exact) mass is 454 g/mol. The molecule has 0 radical (unpaired) electrons. The van der Waals surface area contributed by atoms with Gasteiger partial charge in [-0.2, -0.15) is 0 Å². The molecule has 33 heavy (non-hydrogen) atoms. The summed E-state index contributed by atoms with van der Waals surface area (Å²) in [6, 6.07) is 15.3. The van der Waals surface area contributed by atoms with Gasteiger partial charge in [0.15, 0.2) is 5.78 Å². The van der Waals surface area contributed by atoms with Crippen LogP contribution in [-0.4, -0.2) is 35.7 Å². The van der Waals surface area contributed by atoms with E-state index in [1.807, 2.05) is 18.2 Å². The summed E-state index contributed by atoms with van der Waals surface area (Å²) in [5.41, 5.74) is 0.897. The fraction of sp³-hybridized carbons (Fsp3) is 0.429. The average Bonchev–Trinajstić information content (AvgIpc) is 2.86. The number of rotatable bonds is 12. The topological polar surface area (TPSA) is 72.8 Å². The molecule has 0 heterocycles. The van der Waals surface area contributed by atoms with E-state index in [2.05, 4.69) is 34.3 Å². The molecule has 1 atom stereocenters. The Morgan fingerprint density at radius 2 is 1.58 bits per heavy atom. The number of ether oxygens (including phenoxy) is 2. The van der Waals surface area contributed by atoms with Crippen LogP contribution in [0, 0.1) is 5.92 Å². The number of carbonyl (C=O) groups excluding carboxylic acids is 2. The van der Waals surface area contributed by atoms with Crippen molar-refractivity contribution in [2.45, 2.75) is 59.0 Å². The molecular formula is C28H38O5. The largest absolute Gasteiger partial charge is 0.508 e. The Labute approximate surface area is 198 Å². The van der Waals surface area contributed by atoms with Crippen LogP contribution in [0.3, 0.4) is 0 Å². The van der Waals surface area contributed by atoms with Crippen molar-refractivity contribution >= 4 is 11.8 Å². The second-order valence-corrected chi connectivity index (χ2v) is 8.09. The maximum absolute atomic E-state index is 11.9. The van der Waals surface area contributed by atoms with E-state index in [1.165, 1.54) is 24.6 Å². The molecule has 1 unspecified atom stereocenters. The molecule has 1 N–H and O–H groups in total. The van der Waals surface area contributed by atoms with Crippen molar-refractivity contribution in [3.05, 3.63) is 78.4 Å². The van der Waals surface area contributed by atoms with Gasteiger partial charge in [0.25, 0.3) is 0 Å². The zero-order valence-electron chi connectivity index (χ0n) is 20.4. The van der Waals surface area contributed by atoms with E-state index in [0.717, 1.165) is 25.9 Å². The van der Waals surface area contributed by atoms with Gasteiger partial charge in [0.05, 0.1) is 0 Å². The third-order valence-corrected chi connectivity index (χ3v) is 5.81. The lowest BCUT2D eigenvalue weighted by Gasteiger charge is -2.31. The Kier molecular flexibility index (Phi) is 12.8. The summed E-state index contributed by atoms with van der Waals surface area (Å²) in [4.78, 5) is 23.0. The SMILES string of the molecule is C=CC(=O)OCC(CC)(CC)OCCC(C)CC.O=C(c1ccccc1)c1ccc(O)cc1. The highest BCUT2D eigenvalue weighted by atomic mass is 16.6. The van der Waals surface area contributed by atoms with Crippen LogP contribution in [0.4, 0.5) is 0 Å². The van der Waals surface area contributed by atoms with Crippen LogP contribution in [-0.2, 0) is 14.3 Å². The van der Waals surface area contributed by atoms with Crippen LogP contribution in [0.1, 0.15) is 69.3 Å². The van der Waals surface area contributed by atoms with Gasteiger partial charge < -0.3 is 14.6 Å². The van der Waals surface area contributed by atoms with Gasteiger partial charge in [0.1, 0.15) is 18.0 Å². The normalized spacial score (nSPS) is 11.6. The molecule has 180 valence electrons. The van der Waals surface area contributed by atoms with Gasteiger partial charge in [-0.15, -0.1) is 0 Å². The van der Waals surface area contributed by atoms with Crippen molar-refractivity contribution in [2.24, 2.45) is 5.92 Å². The number of hydrogen-bond donors (Lipinski definition) is 1. The molecule has 2 aromatic carbocycles. The van der Waals surface area contributed by atoms with Crippen molar-refractivity contribution in [1.82, 2.24) is 0 Å². The van der Waals surface area contributed by atoms with Gasteiger partial charge in [-0.1, -0.05) is 71.0 Å². The Morgan fingerprint density at radius 1 is 1.00 bits per heavy atom. The number of phenols is 1. The van der Waals surface area contributed by atoms with E-state index in [1.54, 1.807) is 24.3 Å². The standard InChI is InChI=1S/C15H28O3.C13H10O2/c1-6-13(5)10-11-18-15(8-3,9-4)12-17-14(16)7-2;14-12-8-6-11(7-9-12)13(15)10-4-2-1-3-5-10/h7,13H,2,6,8-12H2,1,3-5H3;1-9,14H. The lowest BCUT2D eigenvalue weighted by Crippen LogP contribution is -2.38. The molecule has 0 aliphatic heterocycles. The summed E-state index contributed by atoms with van der Waals surface area (Å²) in [5, 5.41) is 9.10. The highest BCUT2D eigenvalue weighted by Gasteiger charge is 2.28. The molecule has 5 heteroatoms. The predicted octanol–water partition coefficient (Wildman–Crippen LogP) is 6.35. The zero-order valence-corrected chi connectivity index (χ0v) is 20.4. The van der Waals surface area contributed by atoms with Gasteiger partial charge >= 0.3 is 5.97 Å². The van der Waals surface area contributed by atoms with Gasteiger partial charge in [0.2, 0.25) is 0 Å². The maximum Gasteiger partial charge on any atom is 0.330 e. The van der Waals surface area contributed by atoms with Crippen LogP contribution in [0.2, 0.25) is 0 Å². The first kappa shape index (κ1) is 28.1. The van der Waals surface area contributed by atoms with Crippen molar-refractivity contribution in [1.29, 1.82) is 0 Å². The lowest BCUT2D eigenvalue weighted by molar-refractivity contribution is -0.152. The first-order chi connectivity index (χ1) is 15.8. The smallest absolute Gasteiger partial charge is 0.330 e. The average molecular weight is 455 g/mol. The van der Waals surface area contributed by atoms with E-state index in [0.29, 0.717) is 23.7 Å². The minimum Gasteiger partial charge on any atom is -0.508 e. The van der Waals surface area contributed by atoms with Crippen molar-refractivity contribution in [2.75, 3.05) is 13.2 Å². The molecule has 0 saturated carbocycles. The highest BCUT2D eigenvalue weighted by Crippen LogP contribution is 2.22. The molecule has 0 amide bonds. The minimum absolute atomic E-state index is 0.0319. The Balaban J connectivity index is 0.000000334. The molecule has 0 saturated heterocycles. The molecule has 2 rings (SSSR count). The van der Waals surface area contributed by atoms with Crippen LogP contribution < -0.4 is 0 Å². The fourth-order valence-corrected chi connectivity index (χ4v) is 3.01. The quantitative estimate of drug-likeness (QED) is 0.230. The van der Waals surface area contributed by atoms with Gasteiger partial charge in [-0.3, -0.25) is 4.79 Å². The third-order valence-electron chi connectivity index (χ3n) is 5.81. The molecule has 0 aliphatic rings. The van der Waals surface area contributed by atoms with E-state index in [4.69, 9.17) is 14.6 Å². The summed E-state index contributed by atoms with van der Waals surface area (Å²) in [6.45, 7) is 13.0. The third kappa shape index (κ3) is 10.0. The van der Waals surface area contributed by atoms with Crippen molar-refractivity contribution in [3.63, 3.8) is 0 Å². The summed E-state index contributed by atoms with van der Waals surface area (Å²) in [6.07, 6.45) is 5.09. The Hall–Kier alpha value is -2.92. The van der Waals surface area contributed by atoms with Crippen LogP contribution in [0.5, 0.6) is 5.75 Å². The molecule has 0 aliphatic carbocycles. The molecule has 2 aromatic rings. The molecule has 0 spiro atoms. The number of carbonyl (C=O) groups is 2. The highest BCUT2D eigenvalue weighted by molar-refractivity contribution is 6.08. The minimum atomic E-state index is -0.383. The Bertz CT molecular complexity index is 838. The predicted molar refractivity (Wildman–Crippen MR) is 132 cm³/mol. The zero-order chi connectivity index (χ0) is 24.7. The molecule has 5 nitrogen and oxygen atoms in total. The summed E-state index contributed by atoms with van der Waals surface area (Å²) in [7, 11) is 0. The second kappa shape index (κ2) is 15.0. The molecule has 0 bridgehead atoms. The van der Waals surface area contributed by atoms with Crippen LogP contribution >= 0.6 is 0 Å². The van der Waals surface area contributed by atoms with Crippen molar-refractivity contribution in [3.8, 4) is 5.75 Å². The van der Waals surface area contributed by atoms with Gasteiger partial charge in [0, 0.05) is 23.8 Å². The maximum atomic E-state index is 11.9. The number of phenolic OH excluding ortho intramolecular Hbond substituents is 1. The molecular weight excluding hydrogens is 416 g/mol. The Morgan fingerprint density at radius 3 is 2.09 bits per heavy atom. The summed E-state index contributed by atoms with van der Waals surface area (Å²) in [5.74, 6) is 0.425. The lowest BCUT2D eigenvalue weighted by atomic mass is 9.98. The molecule has 0 aromatic heterocycles. The second-order valence-electron chi connectivity index (χ2n) is 8.09. The van der Waals surface area contributed by atoms with Crippen LogP contribution in [0.25, 0.3) is 0 Å². The number of aromatic hydroxyl groups is 1. The fourth-order valence-electron chi connectivity index (χ4n) is 3.01. The van der Waals surface area contributed by atoms with Gasteiger partial charge in [-0.05, 0) is 49.4 Å². The summed E-state index contributed by atoms with van der Waals surface area (Å²) < 4.78 is 11.1. The number of benzene rings is 2. The van der Waals surface area contributed by atoms with Gasteiger partial charge in [-0.25, -0.2) is 4.79 Å². The number of hydrogen-bond acceptors (Lipinski definition) is 5. The first-order valence-corrected chi connectivity index (χ1v) is 11.6. The van der Waals surface area contributed by atoms with Crippen LogP contribution in [0.15, 0.2) is 67.3 Å². The number of ketones is 1. The van der Waals surface area contributed by atoms with E-state index in [-0.39, 0.29) is 23.1 Å². The van der Waals surface area contributed by atoms with E-state index < -0.39 is 0 Å². The van der Waals surface area contributed by atoms with E-state index in [9.17, 15) is 9.59 Å². The van der Waals surface area contributed by atoms with E-state index >= 15 is 0 Å². The first-order valence-electron chi connectivity index (χ1n) is 11.6. The van der Waals surface area contributed by atoms with Crippen molar-refractivity contribution < 1.29 is 24.2 Å². The number of esters is 1.